The number of likely N-dealkylation sites (tertiary alicyclic amines) is 1. The number of nitrogens with zero attached hydrogens (tertiary/aromatic N) is 3. The normalized spacial score (nSPS) is 16.5. The van der Waals surface area contributed by atoms with Gasteiger partial charge in [0.15, 0.2) is 0 Å². The van der Waals surface area contributed by atoms with Crippen molar-refractivity contribution in [1.29, 1.82) is 0 Å². The van der Waals surface area contributed by atoms with Crippen LogP contribution < -0.4 is 0 Å². The van der Waals surface area contributed by atoms with Crippen molar-refractivity contribution in [3.8, 4) is 0 Å². The number of piperidine rings is 1. The van der Waals surface area contributed by atoms with Crippen molar-refractivity contribution in [1.82, 2.24) is 14.9 Å². The molecule has 1 unspecified atom stereocenters. The van der Waals surface area contributed by atoms with Gasteiger partial charge in [-0.3, -0.25) is 14.8 Å². The standard InChI is InChI=1S/C23H21Cl2N3OS/c24-19-6-3-7-20(25)22(19)30-15-16-11-18(14-27-12-16)23(29)28-10-2-1-8-21(28)17-5-4-9-26-13-17/h3-7,9,11-14,21H,1-2,8,10,15H2. The summed E-state index contributed by atoms with van der Waals surface area (Å²) in [5.74, 6) is 0.641. The van der Waals surface area contributed by atoms with Crippen molar-refractivity contribution >= 4 is 40.9 Å². The number of benzene rings is 1. The number of halogens is 2. The number of aromatic nitrogens is 2. The first-order valence-electron chi connectivity index (χ1n) is 9.85. The number of amides is 1. The molecule has 3 heterocycles. The van der Waals surface area contributed by atoms with Crippen LogP contribution in [0.4, 0.5) is 0 Å². The van der Waals surface area contributed by atoms with Crippen LogP contribution in [-0.2, 0) is 5.75 Å². The molecule has 1 fully saturated rings. The molecular formula is C23H21Cl2N3OS. The smallest absolute Gasteiger partial charge is 0.255 e. The molecule has 2 aromatic heterocycles. The van der Waals surface area contributed by atoms with Gasteiger partial charge in [0.05, 0.1) is 21.7 Å². The summed E-state index contributed by atoms with van der Waals surface area (Å²) < 4.78 is 0. The maximum Gasteiger partial charge on any atom is 0.255 e. The molecule has 1 amide bonds. The van der Waals surface area contributed by atoms with Crippen LogP contribution in [0.15, 0.2) is 66.1 Å². The third-order valence-corrected chi connectivity index (χ3v) is 7.24. The third kappa shape index (κ3) is 4.80. The zero-order chi connectivity index (χ0) is 20.9. The van der Waals surface area contributed by atoms with E-state index in [4.69, 9.17) is 23.2 Å². The Kier molecular flexibility index (Phi) is 6.93. The topological polar surface area (TPSA) is 46.1 Å². The molecule has 0 aliphatic carbocycles. The fraction of sp³-hybridized carbons (Fsp3) is 0.261. The van der Waals surface area contributed by atoms with Crippen molar-refractivity contribution in [2.75, 3.05) is 6.54 Å². The first-order chi connectivity index (χ1) is 14.6. The predicted molar refractivity (Wildman–Crippen MR) is 122 cm³/mol. The number of rotatable bonds is 5. The number of carbonyl (C=O) groups is 1. The van der Waals surface area contributed by atoms with Gasteiger partial charge in [-0.05, 0) is 54.7 Å². The number of thioether (sulfide) groups is 1. The highest BCUT2D eigenvalue weighted by Crippen LogP contribution is 2.36. The number of pyridine rings is 2. The Hall–Kier alpha value is -2.08. The van der Waals surface area contributed by atoms with E-state index < -0.39 is 0 Å². The van der Waals surface area contributed by atoms with Gasteiger partial charge >= 0.3 is 0 Å². The first-order valence-corrected chi connectivity index (χ1v) is 11.6. The van der Waals surface area contributed by atoms with Gasteiger partial charge < -0.3 is 4.90 Å². The predicted octanol–water partition coefficient (Wildman–Crippen LogP) is 6.44. The van der Waals surface area contributed by atoms with Gasteiger partial charge in [0.25, 0.3) is 5.91 Å². The molecule has 1 aromatic carbocycles. The highest BCUT2D eigenvalue weighted by molar-refractivity contribution is 7.98. The molecule has 1 aliphatic rings. The Morgan fingerprint density at radius 3 is 2.67 bits per heavy atom. The van der Waals surface area contributed by atoms with Crippen molar-refractivity contribution in [2.24, 2.45) is 0 Å². The molecule has 1 atom stereocenters. The molecule has 3 aromatic rings. The van der Waals surface area contributed by atoms with Crippen LogP contribution in [0.2, 0.25) is 10.0 Å². The van der Waals surface area contributed by atoms with E-state index in [2.05, 4.69) is 9.97 Å². The molecule has 4 rings (SSSR count). The molecule has 7 heteroatoms. The lowest BCUT2D eigenvalue weighted by Crippen LogP contribution is -2.38. The molecule has 0 N–H and O–H groups in total. The highest BCUT2D eigenvalue weighted by Gasteiger charge is 2.29. The lowest BCUT2D eigenvalue weighted by Gasteiger charge is -2.36. The summed E-state index contributed by atoms with van der Waals surface area (Å²) in [6.45, 7) is 0.743. The Labute approximate surface area is 190 Å². The van der Waals surface area contributed by atoms with E-state index in [0.29, 0.717) is 21.4 Å². The Morgan fingerprint density at radius 1 is 1.07 bits per heavy atom. The maximum atomic E-state index is 13.3. The molecule has 0 bridgehead atoms. The summed E-state index contributed by atoms with van der Waals surface area (Å²) in [5.41, 5.74) is 2.64. The minimum absolute atomic E-state index is 0.0127. The largest absolute Gasteiger partial charge is 0.332 e. The van der Waals surface area contributed by atoms with Gasteiger partial charge in [0.2, 0.25) is 0 Å². The molecule has 0 spiro atoms. The minimum Gasteiger partial charge on any atom is -0.332 e. The average molecular weight is 458 g/mol. The number of hydrogen-bond donors (Lipinski definition) is 0. The molecule has 30 heavy (non-hydrogen) atoms. The molecule has 154 valence electrons. The van der Waals surface area contributed by atoms with E-state index >= 15 is 0 Å². The van der Waals surface area contributed by atoms with Gasteiger partial charge in [0, 0.05) is 42.0 Å². The number of carbonyl (C=O) groups excluding carboxylic acids is 1. The average Bonchev–Trinajstić information content (AvgIpc) is 2.79. The highest BCUT2D eigenvalue weighted by atomic mass is 35.5. The maximum absolute atomic E-state index is 13.3. The summed E-state index contributed by atoms with van der Waals surface area (Å²) in [5, 5.41) is 1.25. The van der Waals surface area contributed by atoms with E-state index in [9.17, 15) is 4.79 Å². The second-order valence-corrected chi connectivity index (χ2v) is 9.02. The summed E-state index contributed by atoms with van der Waals surface area (Å²) in [6.07, 6.45) is 10.1. The van der Waals surface area contributed by atoms with Gasteiger partial charge in [-0.2, -0.15) is 0 Å². The van der Waals surface area contributed by atoms with Gasteiger partial charge in [-0.25, -0.2) is 0 Å². The van der Waals surface area contributed by atoms with Crippen molar-refractivity contribution in [2.45, 2.75) is 36.0 Å². The molecule has 1 saturated heterocycles. The Bertz CT molecular complexity index is 1010. The Morgan fingerprint density at radius 2 is 1.90 bits per heavy atom. The summed E-state index contributed by atoms with van der Waals surface area (Å²) >= 11 is 14.1. The molecule has 1 aliphatic heterocycles. The SMILES string of the molecule is O=C(c1cncc(CSc2c(Cl)cccc2Cl)c1)N1CCCCC1c1cccnc1. The molecule has 0 radical (unpaired) electrons. The number of hydrogen-bond acceptors (Lipinski definition) is 4. The van der Waals surface area contributed by atoms with Crippen LogP contribution in [0.25, 0.3) is 0 Å². The summed E-state index contributed by atoms with van der Waals surface area (Å²) in [7, 11) is 0. The third-order valence-electron chi connectivity index (χ3n) is 5.18. The van der Waals surface area contributed by atoms with Crippen LogP contribution in [-0.4, -0.2) is 27.3 Å². The van der Waals surface area contributed by atoms with E-state index in [1.54, 1.807) is 30.4 Å². The minimum atomic E-state index is 0.0127. The van der Waals surface area contributed by atoms with Gasteiger partial charge in [-0.15, -0.1) is 11.8 Å². The zero-order valence-electron chi connectivity index (χ0n) is 16.3. The van der Waals surface area contributed by atoms with Gasteiger partial charge in [0.1, 0.15) is 0 Å². The summed E-state index contributed by atoms with van der Waals surface area (Å²) in [6, 6.07) is 11.4. The zero-order valence-corrected chi connectivity index (χ0v) is 18.6. The fourth-order valence-electron chi connectivity index (χ4n) is 3.72. The lowest BCUT2D eigenvalue weighted by molar-refractivity contribution is 0.0610. The van der Waals surface area contributed by atoms with Crippen LogP contribution in [0, 0.1) is 0 Å². The quantitative estimate of drug-likeness (QED) is 0.413. The first kappa shape index (κ1) is 21.2. The van der Waals surface area contributed by atoms with Crippen LogP contribution >= 0.6 is 35.0 Å². The van der Waals surface area contributed by atoms with Crippen LogP contribution in [0.5, 0.6) is 0 Å². The van der Waals surface area contributed by atoms with E-state index in [-0.39, 0.29) is 11.9 Å². The second-order valence-electron chi connectivity index (χ2n) is 7.22. The fourth-order valence-corrected chi connectivity index (χ4v) is 5.32. The van der Waals surface area contributed by atoms with Crippen LogP contribution in [0.3, 0.4) is 0 Å². The molecular weight excluding hydrogens is 437 g/mol. The molecule has 0 saturated carbocycles. The van der Waals surface area contributed by atoms with Crippen LogP contribution in [0.1, 0.15) is 46.8 Å². The second kappa shape index (κ2) is 9.82. The monoisotopic (exact) mass is 457 g/mol. The van der Waals surface area contributed by atoms with E-state index in [1.807, 2.05) is 47.5 Å². The molecule has 4 nitrogen and oxygen atoms in total. The summed E-state index contributed by atoms with van der Waals surface area (Å²) in [4.78, 5) is 24.7. The van der Waals surface area contributed by atoms with Crippen molar-refractivity contribution < 1.29 is 4.79 Å². The van der Waals surface area contributed by atoms with E-state index in [1.165, 1.54) is 0 Å². The Balaban J connectivity index is 1.52. The van der Waals surface area contributed by atoms with Crippen molar-refractivity contribution in [3.05, 3.63) is 87.9 Å². The van der Waals surface area contributed by atoms with Gasteiger partial charge in [-0.1, -0.05) is 35.3 Å². The van der Waals surface area contributed by atoms with E-state index in [0.717, 1.165) is 41.8 Å². The lowest BCUT2D eigenvalue weighted by atomic mass is 9.95. The van der Waals surface area contributed by atoms with Crippen molar-refractivity contribution in [3.63, 3.8) is 0 Å².